The molecule has 0 bridgehead atoms. The molecule has 4 heteroatoms. The van der Waals surface area contributed by atoms with E-state index in [1.165, 1.54) is 27.8 Å². The first kappa shape index (κ1) is 34.1. The van der Waals surface area contributed by atoms with Crippen LogP contribution in [0, 0.1) is 0 Å². The summed E-state index contributed by atoms with van der Waals surface area (Å²) in [6.07, 6.45) is 1.90. The van der Waals surface area contributed by atoms with E-state index in [0.717, 1.165) is 78.3 Å². The van der Waals surface area contributed by atoms with Crippen molar-refractivity contribution in [2.24, 2.45) is 0 Å². The predicted molar refractivity (Wildman–Crippen MR) is 242 cm³/mol. The molecule has 10 aromatic rings. The first-order valence-corrected chi connectivity index (χ1v) is 20.3. The van der Waals surface area contributed by atoms with Gasteiger partial charge < -0.3 is 4.74 Å². The third-order valence-electron chi connectivity index (χ3n) is 12.2. The monoisotopic (exact) mass is 765 g/mol. The van der Waals surface area contributed by atoms with Gasteiger partial charge in [0.05, 0.1) is 22.3 Å². The molecule has 3 heterocycles. The van der Waals surface area contributed by atoms with Crippen molar-refractivity contribution in [3.63, 3.8) is 0 Å². The Bertz CT molecular complexity index is 3180. The Kier molecular flexibility index (Phi) is 7.72. The molecule has 0 radical (unpaired) electrons. The van der Waals surface area contributed by atoms with Crippen molar-refractivity contribution in [2.75, 3.05) is 0 Å². The Morgan fingerprint density at radius 3 is 1.58 bits per heavy atom. The zero-order valence-electron chi connectivity index (χ0n) is 32.5. The molecule has 1 aliphatic carbocycles. The largest absolute Gasteiger partial charge is 0.457 e. The van der Waals surface area contributed by atoms with Crippen LogP contribution < -0.4 is 4.74 Å². The number of hydrogen-bond acceptors (Lipinski definition) is 4. The van der Waals surface area contributed by atoms with E-state index in [4.69, 9.17) is 14.7 Å². The SMILES string of the molecule is c1ccc(-c2cc(-c3ccc4c(c3)-c3cc(-c5ccc(-c6ccnc7ccccc67)cc5)ccc3C43c4ccccc4Oc4ccccc43)nc(-c3ccccc3)n2)cc1. The van der Waals surface area contributed by atoms with Gasteiger partial charge in [-0.05, 0) is 87.0 Å². The summed E-state index contributed by atoms with van der Waals surface area (Å²) in [5.41, 5.74) is 17.0. The zero-order chi connectivity index (χ0) is 39.6. The molecule has 0 unspecified atom stereocenters. The van der Waals surface area contributed by atoms with Gasteiger partial charge in [0, 0.05) is 39.4 Å². The molecule has 0 N–H and O–H groups in total. The molecule has 2 aliphatic rings. The van der Waals surface area contributed by atoms with Crippen LogP contribution in [0.3, 0.4) is 0 Å². The lowest BCUT2D eigenvalue weighted by atomic mass is 9.66. The topological polar surface area (TPSA) is 47.9 Å². The molecule has 4 nitrogen and oxygen atoms in total. The Labute approximate surface area is 348 Å². The van der Waals surface area contributed by atoms with Crippen molar-refractivity contribution in [2.45, 2.75) is 5.41 Å². The number of nitrogens with zero attached hydrogens (tertiary/aromatic N) is 3. The molecule has 0 saturated carbocycles. The average molecular weight is 766 g/mol. The third-order valence-corrected chi connectivity index (χ3v) is 12.2. The highest BCUT2D eigenvalue weighted by Gasteiger charge is 2.51. The summed E-state index contributed by atoms with van der Waals surface area (Å²) in [6.45, 7) is 0. The van der Waals surface area contributed by atoms with Gasteiger partial charge in [-0.3, -0.25) is 4.98 Å². The van der Waals surface area contributed by atoms with Gasteiger partial charge in [-0.25, -0.2) is 9.97 Å². The van der Waals surface area contributed by atoms with Crippen LogP contribution in [0.25, 0.3) is 78.2 Å². The maximum atomic E-state index is 6.64. The molecular formula is C56H35N3O. The van der Waals surface area contributed by atoms with Crippen molar-refractivity contribution >= 4 is 10.9 Å². The van der Waals surface area contributed by atoms with E-state index in [9.17, 15) is 0 Å². The minimum atomic E-state index is -0.588. The third kappa shape index (κ3) is 5.28. The molecule has 0 fully saturated rings. The highest BCUT2D eigenvalue weighted by atomic mass is 16.5. The lowest BCUT2D eigenvalue weighted by Crippen LogP contribution is -2.32. The number of rotatable bonds is 5. The summed E-state index contributed by atoms with van der Waals surface area (Å²) >= 11 is 0. The van der Waals surface area contributed by atoms with Crippen LogP contribution >= 0.6 is 0 Å². The maximum absolute atomic E-state index is 6.64. The summed E-state index contributed by atoms with van der Waals surface area (Å²) in [5.74, 6) is 2.44. The van der Waals surface area contributed by atoms with Crippen LogP contribution in [0.1, 0.15) is 22.3 Å². The van der Waals surface area contributed by atoms with Gasteiger partial charge in [-0.1, -0.05) is 164 Å². The van der Waals surface area contributed by atoms with E-state index in [2.05, 4.69) is 181 Å². The molecule has 12 rings (SSSR count). The molecule has 280 valence electrons. The summed E-state index contributed by atoms with van der Waals surface area (Å²) < 4.78 is 6.64. The second-order valence-corrected chi connectivity index (χ2v) is 15.5. The smallest absolute Gasteiger partial charge is 0.160 e. The number of aromatic nitrogens is 3. The highest BCUT2D eigenvalue weighted by molar-refractivity contribution is 5.95. The van der Waals surface area contributed by atoms with Crippen LogP contribution in [0.2, 0.25) is 0 Å². The summed E-state index contributed by atoms with van der Waals surface area (Å²) in [4.78, 5) is 14.9. The van der Waals surface area contributed by atoms with Gasteiger partial charge in [0.2, 0.25) is 0 Å². The van der Waals surface area contributed by atoms with Crippen molar-refractivity contribution in [1.82, 2.24) is 15.0 Å². The number of fused-ring (bicyclic) bond motifs is 10. The van der Waals surface area contributed by atoms with E-state index < -0.39 is 5.41 Å². The van der Waals surface area contributed by atoms with Crippen LogP contribution in [-0.2, 0) is 5.41 Å². The second kappa shape index (κ2) is 13.6. The van der Waals surface area contributed by atoms with Crippen LogP contribution in [0.15, 0.2) is 212 Å². The van der Waals surface area contributed by atoms with E-state index >= 15 is 0 Å². The number of para-hydroxylation sites is 3. The average Bonchev–Trinajstić information content (AvgIpc) is 3.61. The van der Waals surface area contributed by atoms with Gasteiger partial charge in [0.15, 0.2) is 5.82 Å². The molecule has 8 aromatic carbocycles. The summed E-state index contributed by atoms with van der Waals surface area (Å²) in [7, 11) is 0. The van der Waals surface area contributed by atoms with Crippen LogP contribution in [0.4, 0.5) is 0 Å². The van der Waals surface area contributed by atoms with Gasteiger partial charge >= 0.3 is 0 Å². The molecular weight excluding hydrogens is 731 g/mol. The Balaban J connectivity index is 1.06. The fourth-order valence-corrected chi connectivity index (χ4v) is 9.50. The van der Waals surface area contributed by atoms with Crippen molar-refractivity contribution in [3.05, 3.63) is 235 Å². The fraction of sp³-hybridized carbons (Fsp3) is 0.0179. The molecule has 60 heavy (non-hydrogen) atoms. The number of benzene rings is 8. The Morgan fingerprint density at radius 1 is 0.350 bits per heavy atom. The molecule has 0 atom stereocenters. The second-order valence-electron chi connectivity index (χ2n) is 15.5. The van der Waals surface area contributed by atoms with E-state index in [1.54, 1.807) is 0 Å². The summed E-state index contributed by atoms with van der Waals surface area (Å²) in [5, 5.41) is 1.15. The molecule has 0 saturated heterocycles. The predicted octanol–water partition coefficient (Wildman–Crippen LogP) is 13.8. The summed E-state index contributed by atoms with van der Waals surface area (Å²) in [6, 6.07) is 73.1. The molecule has 1 spiro atoms. The number of ether oxygens (including phenoxy) is 1. The first-order chi connectivity index (χ1) is 29.7. The molecule has 1 aliphatic heterocycles. The van der Waals surface area contributed by atoms with E-state index in [0.29, 0.717) is 5.82 Å². The Morgan fingerprint density at radius 2 is 0.883 bits per heavy atom. The highest BCUT2D eigenvalue weighted by Crippen LogP contribution is 2.62. The normalized spacial score (nSPS) is 12.9. The Hall–Kier alpha value is -7.95. The van der Waals surface area contributed by atoms with E-state index in [1.807, 2.05) is 36.5 Å². The van der Waals surface area contributed by atoms with Gasteiger partial charge in [-0.15, -0.1) is 0 Å². The van der Waals surface area contributed by atoms with Crippen LogP contribution in [0.5, 0.6) is 11.5 Å². The van der Waals surface area contributed by atoms with Crippen LogP contribution in [-0.4, -0.2) is 15.0 Å². The minimum Gasteiger partial charge on any atom is -0.457 e. The number of pyridine rings is 1. The van der Waals surface area contributed by atoms with Gasteiger partial charge in [0.1, 0.15) is 11.5 Å². The molecule has 0 amide bonds. The fourth-order valence-electron chi connectivity index (χ4n) is 9.50. The molecule has 2 aromatic heterocycles. The first-order valence-electron chi connectivity index (χ1n) is 20.3. The lowest BCUT2D eigenvalue weighted by molar-refractivity contribution is 0.436. The zero-order valence-corrected chi connectivity index (χ0v) is 32.5. The van der Waals surface area contributed by atoms with Crippen molar-refractivity contribution < 1.29 is 4.74 Å². The lowest BCUT2D eigenvalue weighted by Gasteiger charge is -2.39. The van der Waals surface area contributed by atoms with E-state index in [-0.39, 0.29) is 0 Å². The van der Waals surface area contributed by atoms with Gasteiger partial charge in [-0.2, -0.15) is 0 Å². The standard InChI is InChI=1S/C56H35N3O/c1-3-13-38(14-4-1)51-35-52(59-55(58-51)39-15-5-2-6-16-39)41-28-30-47-45(34-41)44-33-40(36-23-25-37(26-24-36)42-31-32-57-50-20-10-7-17-43(42)50)27-29-46(44)56(47)48-18-8-11-21-53(48)60-54-22-12-9-19-49(54)56/h1-35H. The quantitative estimate of drug-likeness (QED) is 0.175. The van der Waals surface area contributed by atoms with Crippen molar-refractivity contribution in [1.29, 1.82) is 0 Å². The minimum absolute atomic E-state index is 0.588. The van der Waals surface area contributed by atoms with Gasteiger partial charge in [0.25, 0.3) is 0 Å². The maximum Gasteiger partial charge on any atom is 0.160 e. The number of hydrogen-bond donors (Lipinski definition) is 0. The van der Waals surface area contributed by atoms with Crippen molar-refractivity contribution in [3.8, 4) is 78.8 Å².